The number of hydrogen-bond donors (Lipinski definition) is 4. The van der Waals surface area contributed by atoms with E-state index in [0.29, 0.717) is 0 Å². The van der Waals surface area contributed by atoms with Crippen molar-refractivity contribution in [2.45, 2.75) is 12.4 Å². The Bertz CT molecular complexity index is 252. The Balaban J connectivity index is 2.59. The summed E-state index contributed by atoms with van der Waals surface area (Å²) < 4.78 is 0. The summed E-state index contributed by atoms with van der Waals surface area (Å²) in [6.07, 6.45) is 1.84. The van der Waals surface area contributed by atoms with Crippen LogP contribution in [-0.2, 0) is 0 Å². The van der Waals surface area contributed by atoms with Crippen molar-refractivity contribution in [3.05, 3.63) is 24.0 Å². The molecule has 1 aromatic rings. The molecule has 0 aliphatic carbocycles. The minimum absolute atomic E-state index is 0.421. The van der Waals surface area contributed by atoms with Gasteiger partial charge in [0.25, 0.3) is 0 Å². The van der Waals surface area contributed by atoms with E-state index >= 15 is 0 Å². The molecule has 0 bridgehead atoms. The van der Waals surface area contributed by atoms with Crippen molar-refractivity contribution in [3.63, 3.8) is 0 Å². The maximum absolute atomic E-state index is 5.33. The normalized spacial score (nSPS) is 14.4. The fraction of sp³-hybridized carbons (Fsp3) is 0.286. The Morgan fingerprint density at radius 2 is 2.58 bits per heavy atom. The molecule has 1 heterocycles. The van der Waals surface area contributed by atoms with E-state index in [2.05, 4.69) is 28.1 Å². The van der Waals surface area contributed by atoms with Crippen LogP contribution in [-0.4, -0.2) is 16.2 Å². The van der Waals surface area contributed by atoms with E-state index in [4.69, 9.17) is 5.73 Å². The first-order valence-electron chi connectivity index (χ1n) is 3.57. The minimum atomic E-state index is -0.421. The summed E-state index contributed by atoms with van der Waals surface area (Å²) in [5, 5.41) is 4.00. The molecule has 4 N–H and O–H groups in total. The molecule has 1 rings (SSSR count). The van der Waals surface area contributed by atoms with E-state index in [9.17, 15) is 0 Å². The van der Waals surface area contributed by atoms with Crippen molar-refractivity contribution < 1.29 is 0 Å². The van der Waals surface area contributed by atoms with Crippen LogP contribution < -0.4 is 11.2 Å². The molecular formula is C7H12N4S. The zero-order valence-electron chi connectivity index (χ0n) is 6.78. The number of H-pyrrole nitrogens is 1. The summed E-state index contributed by atoms with van der Waals surface area (Å²) >= 11 is 3.92. The third-order valence-electron chi connectivity index (χ3n) is 1.35. The molecule has 12 heavy (non-hydrogen) atoms. The molecular weight excluding hydrogens is 172 g/mol. The molecule has 0 amide bonds. The fourth-order valence-corrected chi connectivity index (χ4v) is 0.836. The number of nitrogens with two attached hydrogens (primary N) is 1. The van der Waals surface area contributed by atoms with E-state index in [1.54, 1.807) is 0 Å². The van der Waals surface area contributed by atoms with Gasteiger partial charge in [0.15, 0.2) is 0 Å². The maximum atomic E-state index is 5.33. The van der Waals surface area contributed by atoms with Crippen LogP contribution in [0.1, 0.15) is 12.6 Å². The van der Waals surface area contributed by atoms with E-state index < -0.39 is 5.50 Å². The second-order valence-corrected chi connectivity index (χ2v) is 2.91. The van der Waals surface area contributed by atoms with Gasteiger partial charge in [-0.05, 0) is 19.1 Å². The summed E-state index contributed by atoms with van der Waals surface area (Å²) in [5.41, 5.74) is 9.37. The SMILES string of the molecule is C/C(=N\NC(N)S)c1ccc[nH]1. The highest BCUT2D eigenvalue weighted by atomic mass is 32.1. The first-order valence-corrected chi connectivity index (χ1v) is 4.09. The molecule has 0 spiro atoms. The molecule has 1 unspecified atom stereocenters. The average Bonchev–Trinajstić information content (AvgIpc) is 2.51. The lowest BCUT2D eigenvalue weighted by atomic mass is 10.3. The van der Waals surface area contributed by atoms with Gasteiger partial charge >= 0.3 is 0 Å². The van der Waals surface area contributed by atoms with Gasteiger partial charge in [-0.3, -0.25) is 5.43 Å². The predicted octanol–water partition coefficient (Wildman–Crippen LogP) is 0.500. The number of rotatable bonds is 3. The second kappa shape index (κ2) is 4.18. The lowest BCUT2D eigenvalue weighted by Crippen LogP contribution is -2.28. The highest BCUT2D eigenvalue weighted by molar-refractivity contribution is 7.80. The van der Waals surface area contributed by atoms with Gasteiger partial charge in [-0.15, -0.1) is 12.6 Å². The smallest absolute Gasteiger partial charge is 0.136 e. The van der Waals surface area contributed by atoms with E-state index in [1.807, 2.05) is 25.3 Å². The number of aromatic nitrogens is 1. The average molecular weight is 184 g/mol. The summed E-state index contributed by atoms with van der Waals surface area (Å²) in [4.78, 5) is 3.02. The quantitative estimate of drug-likeness (QED) is 0.239. The first-order chi connectivity index (χ1) is 5.70. The molecule has 4 nitrogen and oxygen atoms in total. The van der Waals surface area contributed by atoms with Crippen LogP contribution in [0.4, 0.5) is 0 Å². The summed E-state index contributed by atoms with van der Waals surface area (Å²) in [5.74, 6) is 0. The van der Waals surface area contributed by atoms with Crippen molar-refractivity contribution in [1.82, 2.24) is 10.4 Å². The van der Waals surface area contributed by atoms with Gasteiger partial charge in [-0.2, -0.15) is 5.10 Å². The summed E-state index contributed by atoms with van der Waals surface area (Å²) in [6, 6.07) is 3.85. The van der Waals surface area contributed by atoms with Gasteiger partial charge in [0.1, 0.15) is 5.50 Å². The third kappa shape index (κ3) is 2.60. The molecule has 0 fully saturated rings. The molecule has 0 aliphatic heterocycles. The lowest BCUT2D eigenvalue weighted by molar-refractivity contribution is 0.716. The second-order valence-electron chi connectivity index (χ2n) is 2.35. The van der Waals surface area contributed by atoms with Crippen LogP contribution in [0.2, 0.25) is 0 Å². The van der Waals surface area contributed by atoms with Crippen molar-refractivity contribution in [1.29, 1.82) is 0 Å². The zero-order chi connectivity index (χ0) is 8.97. The molecule has 0 radical (unpaired) electrons. The number of aromatic amines is 1. The van der Waals surface area contributed by atoms with Gasteiger partial charge in [0.05, 0.1) is 11.4 Å². The Hall–Kier alpha value is -0.940. The fourth-order valence-electron chi connectivity index (χ4n) is 0.779. The van der Waals surface area contributed by atoms with Crippen LogP contribution in [0.15, 0.2) is 23.4 Å². The van der Waals surface area contributed by atoms with E-state index in [-0.39, 0.29) is 0 Å². The Morgan fingerprint density at radius 1 is 1.83 bits per heavy atom. The van der Waals surface area contributed by atoms with Gasteiger partial charge < -0.3 is 10.7 Å². The van der Waals surface area contributed by atoms with Crippen LogP contribution in [0.3, 0.4) is 0 Å². The molecule has 0 aromatic carbocycles. The summed E-state index contributed by atoms with van der Waals surface area (Å²) in [7, 11) is 0. The highest BCUT2D eigenvalue weighted by Crippen LogP contribution is 1.96. The highest BCUT2D eigenvalue weighted by Gasteiger charge is 1.96. The van der Waals surface area contributed by atoms with Crippen LogP contribution >= 0.6 is 12.6 Å². The van der Waals surface area contributed by atoms with Gasteiger partial charge in [-0.25, -0.2) is 0 Å². The molecule has 0 saturated heterocycles. The standard InChI is InChI=1S/C7H12N4S/c1-5(10-11-7(8)12)6-3-2-4-9-6/h2-4,7,9,11-12H,8H2,1H3/b10-5+. The van der Waals surface area contributed by atoms with E-state index in [0.717, 1.165) is 11.4 Å². The van der Waals surface area contributed by atoms with Gasteiger partial charge in [0.2, 0.25) is 0 Å². The Morgan fingerprint density at radius 3 is 3.08 bits per heavy atom. The Labute approximate surface area is 76.6 Å². The first kappa shape index (κ1) is 9.15. The van der Waals surface area contributed by atoms with Gasteiger partial charge in [-0.1, -0.05) is 0 Å². The largest absolute Gasteiger partial charge is 0.360 e. The number of nitrogens with zero attached hydrogens (tertiary/aromatic N) is 1. The molecule has 66 valence electrons. The minimum Gasteiger partial charge on any atom is -0.360 e. The van der Waals surface area contributed by atoms with Crippen molar-refractivity contribution in [2.24, 2.45) is 10.8 Å². The van der Waals surface area contributed by atoms with Crippen LogP contribution in [0.5, 0.6) is 0 Å². The molecule has 0 aliphatic rings. The monoisotopic (exact) mass is 184 g/mol. The van der Waals surface area contributed by atoms with Crippen molar-refractivity contribution >= 4 is 18.3 Å². The molecule has 1 atom stereocenters. The topological polar surface area (TPSA) is 66.2 Å². The summed E-state index contributed by atoms with van der Waals surface area (Å²) in [6.45, 7) is 1.88. The van der Waals surface area contributed by atoms with Crippen LogP contribution in [0.25, 0.3) is 0 Å². The number of hydrogen-bond acceptors (Lipinski definition) is 4. The van der Waals surface area contributed by atoms with Crippen molar-refractivity contribution in [2.75, 3.05) is 0 Å². The predicted molar refractivity (Wildman–Crippen MR) is 53.1 cm³/mol. The Kier molecular flexibility index (Phi) is 3.19. The third-order valence-corrected chi connectivity index (χ3v) is 1.47. The van der Waals surface area contributed by atoms with Crippen molar-refractivity contribution in [3.8, 4) is 0 Å². The zero-order valence-corrected chi connectivity index (χ0v) is 7.68. The van der Waals surface area contributed by atoms with E-state index in [1.165, 1.54) is 0 Å². The van der Waals surface area contributed by atoms with Gasteiger partial charge in [0, 0.05) is 6.20 Å². The lowest BCUT2D eigenvalue weighted by Gasteiger charge is -2.03. The number of nitrogens with one attached hydrogen (secondary N) is 2. The van der Waals surface area contributed by atoms with Crippen LogP contribution in [0, 0.1) is 0 Å². The maximum Gasteiger partial charge on any atom is 0.136 e. The molecule has 5 heteroatoms. The molecule has 1 aromatic heterocycles. The molecule has 0 saturated carbocycles. The number of thiol groups is 1. The number of hydrazone groups is 1.